The molecule has 11 heteroatoms. The predicted molar refractivity (Wildman–Crippen MR) is 98.9 cm³/mol. The van der Waals surface area contributed by atoms with E-state index in [1.807, 2.05) is 0 Å². The maximum atomic E-state index is 13.3. The molecule has 1 aromatic carbocycles. The van der Waals surface area contributed by atoms with Crippen molar-refractivity contribution in [3.63, 3.8) is 0 Å². The summed E-state index contributed by atoms with van der Waals surface area (Å²) < 4.78 is 94.9. The molecule has 1 aromatic rings. The molecular weight excluding hydrogens is 442 g/mol. The van der Waals surface area contributed by atoms with Crippen molar-refractivity contribution in [2.45, 2.75) is 24.9 Å². The van der Waals surface area contributed by atoms with Gasteiger partial charge in [-0.2, -0.15) is 36.9 Å². The molecule has 0 radical (unpaired) electrons. The zero-order chi connectivity index (χ0) is 23.9. The van der Waals surface area contributed by atoms with Crippen molar-refractivity contribution in [2.24, 2.45) is 0 Å². The van der Waals surface area contributed by atoms with Gasteiger partial charge in [0, 0.05) is 13.5 Å². The van der Waals surface area contributed by atoms with Gasteiger partial charge < -0.3 is 14.2 Å². The SMILES string of the molecule is COCC(COc1ccc(C#N)c(C(F)(F)F)c1)OC1=CC(C(F)(F)F)=C(C#N)C=CC1. The van der Waals surface area contributed by atoms with Crippen LogP contribution in [0, 0.1) is 22.7 Å². The molecule has 0 fully saturated rings. The first-order chi connectivity index (χ1) is 15.0. The van der Waals surface area contributed by atoms with Gasteiger partial charge >= 0.3 is 12.4 Å². The van der Waals surface area contributed by atoms with Gasteiger partial charge in [-0.3, -0.25) is 0 Å². The van der Waals surface area contributed by atoms with Crippen LogP contribution in [0.15, 0.2) is 53.3 Å². The van der Waals surface area contributed by atoms with Gasteiger partial charge in [-0.15, -0.1) is 0 Å². The molecule has 0 saturated carbocycles. The molecule has 0 amide bonds. The van der Waals surface area contributed by atoms with Crippen LogP contribution in [0.2, 0.25) is 0 Å². The third kappa shape index (κ3) is 6.53. The van der Waals surface area contributed by atoms with E-state index in [-0.39, 0.29) is 31.1 Å². The minimum Gasteiger partial charge on any atom is -0.490 e. The van der Waals surface area contributed by atoms with E-state index in [9.17, 15) is 26.3 Å². The number of nitriles is 2. The topological polar surface area (TPSA) is 75.3 Å². The Bertz CT molecular complexity index is 1010. The second kappa shape index (κ2) is 10.2. The molecule has 1 atom stereocenters. The summed E-state index contributed by atoms with van der Waals surface area (Å²) in [6, 6.07) is 5.69. The lowest BCUT2D eigenvalue weighted by molar-refractivity contribution is -0.137. The van der Waals surface area contributed by atoms with Gasteiger partial charge in [-0.1, -0.05) is 6.08 Å². The molecule has 32 heavy (non-hydrogen) atoms. The zero-order valence-electron chi connectivity index (χ0n) is 16.5. The Morgan fingerprint density at radius 1 is 1.03 bits per heavy atom. The molecule has 170 valence electrons. The van der Waals surface area contributed by atoms with E-state index in [4.69, 9.17) is 24.7 Å². The summed E-state index contributed by atoms with van der Waals surface area (Å²) in [5.41, 5.74) is -3.51. The maximum Gasteiger partial charge on any atom is 0.417 e. The van der Waals surface area contributed by atoms with Crippen LogP contribution in [0.3, 0.4) is 0 Å². The normalized spacial score (nSPS) is 15.3. The van der Waals surface area contributed by atoms with Gasteiger partial charge in [0.25, 0.3) is 0 Å². The maximum absolute atomic E-state index is 13.3. The van der Waals surface area contributed by atoms with Crippen molar-refractivity contribution in [3.8, 4) is 17.9 Å². The second-order valence-corrected chi connectivity index (χ2v) is 6.48. The lowest BCUT2D eigenvalue weighted by Crippen LogP contribution is -2.27. The molecule has 1 aliphatic rings. The summed E-state index contributed by atoms with van der Waals surface area (Å²) in [6.45, 7) is -0.492. The number of methoxy groups -OCH3 is 1. The number of benzene rings is 1. The van der Waals surface area contributed by atoms with Crippen molar-refractivity contribution in [2.75, 3.05) is 20.3 Å². The Morgan fingerprint density at radius 2 is 1.75 bits per heavy atom. The molecule has 5 nitrogen and oxygen atoms in total. The molecule has 1 aliphatic carbocycles. The van der Waals surface area contributed by atoms with Crippen LogP contribution in [0.1, 0.15) is 17.5 Å². The number of nitrogens with zero attached hydrogens (tertiary/aromatic N) is 2. The lowest BCUT2D eigenvalue weighted by Gasteiger charge is -2.21. The molecule has 0 N–H and O–H groups in total. The quantitative estimate of drug-likeness (QED) is 0.524. The van der Waals surface area contributed by atoms with Crippen LogP contribution in [-0.2, 0) is 15.7 Å². The van der Waals surface area contributed by atoms with Crippen molar-refractivity contribution >= 4 is 0 Å². The Hall–Kier alpha value is -3.44. The summed E-state index contributed by atoms with van der Waals surface area (Å²) in [5.74, 6) is -0.335. The van der Waals surface area contributed by atoms with E-state index >= 15 is 0 Å². The largest absolute Gasteiger partial charge is 0.490 e. The molecule has 0 bridgehead atoms. The Morgan fingerprint density at radius 3 is 2.31 bits per heavy atom. The summed E-state index contributed by atoms with van der Waals surface area (Å²) >= 11 is 0. The molecule has 0 aromatic heterocycles. The van der Waals surface area contributed by atoms with Crippen molar-refractivity contribution in [1.29, 1.82) is 10.5 Å². The fraction of sp³-hybridized carbons (Fsp3) is 0.333. The number of ether oxygens (including phenoxy) is 3. The highest BCUT2D eigenvalue weighted by Crippen LogP contribution is 2.35. The zero-order valence-corrected chi connectivity index (χ0v) is 16.5. The van der Waals surface area contributed by atoms with Crippen LogP contribution in [-0.4, -0.2) is 32.6 Å². The first-order valence-electron chi connectivity index (χ1n) is 8.98. The van der Waals surface area contributed by atoms with Crippen LogP contribution in [0.25, 0.3) is 0 Å². The first kappa shape index (κ1) is 24.8. The first-order valence-corrected chi connectivity index (χ1v) is 8.98. The van der Waals surface area contributed by atoms with E-state index in [1.165, 1.54) is 25.3 Å². The van der Waals surface area contributed by atoms with E-state index in [0.717, 1.165) is 18.2 Å². The van der Waals surface area contributed by atoms with E-state index < -0.39 is 40.7 Å². The summed E-state index contributed by atoms with van der Waals surface area (Å²) in [5, 5.41) is 17.8. The fourth-order valence-electron chi connectivity index (χ4n) is 2.74. The van der Waals surface area contributed by atoms with E-state index in [1.54, 1.807) is 0 Å². The van der Waals surface area contributed by atoms with Crippen LogP contribution >= 0.6 is 0 Å². The third-order valence-electron chi connectivity index (χ3n) is 4.15. The highest BCUT2D eigenvalue weighted by atomic mass is 19.4. The molecule has 0 aliphatic heterocycles. The standard InChI is InChI=1S/C21H16F6N2O3/c1-30-11-17(12-31-15-6-5-14(10-29)18(7-15)20(22,23)24)32-16-4-2-3-13(9-28)19(8-16)21(25,26)27/h2-3,5-8,17H,4,11-12H2,1H3. The monoisotopic (exact) mass is 458 g/mol. The number of hydrogen-bond donors (Lipinski definition) is 0. The van der Waals surface area contributed by atoms with E-state index in [2.05, 4.69) is 0 Å². The van der Waals surface area contributed by atoms with Crippen molar-refractivity contribution in [1.82, 2.24) is 0 Å². The van der Waals surface area contributed by atoms with Crippen LogP contribution in [0.5, 0.6) is 5.75 Å². The van der Waals surface area contributed by atoms with Crippen molar-refractivity contribution in [3.05, 3.63) is 64.5 Å². The highest BCUT2D eigenvalue weighted by Gasteiger charge is 2.36. The van der Waals surface area contributed by atoms with Gasteiger partial charge in [0.2, 0.25) is 0 Å². The summed E-state index contributed by atoms with van der Waals surface area (Å²) in [7, 11) is 1.30. The summed E-state index contributed by atoms with van der Waals surface area (Å²) in [6.07, 6.45) is -7.54. The average molecular weight is 458 g/mol. The Kier molecular flexibility index (Phi) is 7.95. The highest BCUT2D eigenvalue weighted by molar-refractivity contribution is 5.48. The van der Waals surface area contributed by atoms with Gasteiger partial charge in [-0.05, 0) is 30.4 Å². The minimum absolute atomic E-state index is 0.0555. The van der Waals surface area contributed by atoms with Crippen molar-refractivity contribution < 1.29 is 40.6 Å². The number of allylic oxidation sites excluding steroid dienone is 5. The van der Waals surface area contributed by atoms with Crippen LogP contribution in [0.4, 0.5) is 26.3 Å². The third-order valence-corrected chi connectivity index (χ3v) is 4.15. The van der Waals surface area contributed by atoms with Crippen LogP contribution < -0.4 is 4.74 Å². The number of hydrogen-bond acceptors (Lipinski definition) is 5. The average Bonchev–Trinajstić information content (AvgIpc) is 2.93. The fourth-order valence-corrected chi connectivity index (χ4v) is 2.74. The molecule has 2 rings (SSSR count). The molecule has 0 spiro atoms. The van der Waals surface area contributed by atoms with Gasteiger partial charge in [0.05, 0.1) is 41.0 Å². The van der Waals surface area contributed by atoms with Gasteiger partial charge in [0.15, 0.2) is 6.10 Å². The molecule has 0 heterocycles. The minimum atomic E-state index is -4.79. The number of alkyl halides is 6. The molecule has 1 unspecified atom stereocenters. The van der Waals surface area contributed by atoms with Gasteiger partial charge in [0.1, 0.15) is 18.1 Å². The van der Waals surface area contributed by atoms with Gasteiger partial charge in [-0.25, -0.2) is 0 Å². The molecular formula is C21H16F6N2O3. The predicted octanol–water partition coefficient (Wildman–Crippen LogP) is 5.21. The smallest absolute Gasteiger partial charge is 0.417 e. The summed E-state index contributed by atoms with van der Waals surface area (Å²) in [4.78, 5) is 0. The molecule has 0 saturated heterocycles. The number of halogens is 6. The Balaban J connectivity index is 2.22. The Labute approximate surface area is 179 Å². The number of rotatable bonds is 7. The lowest BCUT2D eigenvalue weighted by atomic mass is 10.1. The second-order valence-electron chi connectivity index (χ2n) is 6.48. The van der Waals surface area contributed by atoms with E-state index in [0.29, 0.717) is 12.1 Å².